The van der Waals surface area contributed by atoms with Gasteiger partial charge in [-0.2, -0.15) is 9.78 Å². The molecular formula is C15H13IN2O4. The zero-order valence-electron chi connectivity index (χ0n) is 12.0. The number of carbonyl (C=O) groups is 2. The summed E-state index contributed by atoms with van der Waals surface area (Å²) in [5.41, 5.74) is -0.328. The van der Waals surface area contributed by atoms with Crippen LogP contribution in [-0.2, 0) is 4.74 Å². The molecule has 0 saturated carbocycles. The molecule has 0 N–H and O–H groups in total. The number of Topliss-reactive ketones (excluding diaryl/α,β-unsaturated/α-hetero) is 1. The third-order valence-electron chi connectivity index (χ3n) is 2.84. The summed E-state index contributed by atoms with van der Waals surface area (Å²) < 4.78 is 6.89. The molecular weight excluding hydrogens is 399 g/mol. The van der Waals surface area contributed by atoms with Crippen molar-refractivity contribution < 1.29 is 14.3 Å². The molecule has 6 nitrogen and oxygen atoms in total. The molecule has 0 aliphatic rings. The lowest BCUT2D eigenvalue weighted by atomic mass is 10.2. The second kappa shape index (κ2) is 6.82. The number of ether oxygens (including phenoxy) is 1. The predicted octanol–water partition coefficient (Wildman–Crippen LogP) is 2.22. The van der Waals surface area contributed by atoms with E-state index in [1.54, 1.807) is 31.2 Å². The standard InChI is InChI=1S/C15H13IN2O4/c1-3-22-15(21)12-8-13(9(2)19)17-18(14(12)20)11-6-4-10(16)5-7-11/h4-8H,3H2,1-2H3. The van der Waals surface area contributed by atoms with Crippen LogP contribution < -0.4 is 5.56 Å². The van der Waals surface area contributed by atoms with Gasteiger partial charge in [0.25, 0.3) is 5.56 Å². The van der Waals surface area contributed by atoms with Crippen molar-refractivity contribution in [3.63, 3.8) is 0 Å². The monoisotopic (exact) mass is 412 g/mol. The molecule has 0 fully saturated rings. The van der Waals surface area contributed by atoms with Crippen LogP contribution in [0.1, 0.15) is 34.7 Å². The topological polar surface area (TPSA) is 78.3 Å². The van der Waals surface area contributed by atoms with E-state index in [2.05, 4.69) is 27.7 Å². The average Bonchev–Trinajstić information content (AvgIpc) is 2.48. The number of benzene rings is 1. The van der Waals surface area contributed by atoms with E-state index in [1.165, 1.54) is 13.0 Å². The maximum Gasteiger partial charge on any atom is 0.343 e. The number of hydrogen-bond acceptors (Lipinski definition) is 5. The van der Waals surface area contributed by atoms with E-state index >= 15 is 0 Å². The summed E-state index contributed by atoms with van der Waals surface area (Å²) in [6.07, 6.45) is 0. The van der Waals surface area contributed by atoms with Crippen molar-refractivity contribution in [1.82, 2.24) is 9.78 Å². The molecule has 0 aliphatic carbocycles. The summed E-state index contributed by atoms with van der Waals surface area (Å²) in [7, 11) is 0. The molecule has 22 heavy (non-hydrogen) atoms. The quantitative estimate of drug-likeness (QED) is 0.437. The van der Waals surface area contributed by atoms with Gasteiger partial charge in [-0.05, 0) is 59.8 Å². The summed E-state index contributed by atoms with van der Waals surface area (Å²) in [4.78, 5) is 35.9. The van der Waals surface area contributed by atoms with Crippen LogP contribution in [0.3, 0.4) is 0 Å². The van der Waals surface area contributed by atoms with Gasteiger partial charge in [0.1, 0.15) is 11.3 Å². The second-order valence-electron chi connectivity index (χ2n) is 4.41. The molecule has 0 spiro atoms. The maximum atomic E-state index is 12.4. The zero-order chi connectivity index (χ0) is 16.3. The van der Waals surface area contributed by atoms with Crippen molar-refractivity contribution in [3.05, 3.63) is 55.5 Å². The third-order valence-corrected chi connectivity index (χ3v) is 3.56. The molecule has 7 heteroatoms. The van der Waals surface area contributed by atoms with Crippen molar-refractivity contribution >= 4 is 34.3 Å². The van der Waals surface area contributed by atoms with Crippen LogP contribution in [-0.4, -0.2) is 28.1 Å². The third kappa shape index (κ3) is 3.41. The zero-order valence-corrected chi connectivity index (χ0v) is 14.2. The van der Waals surface area contributed by atoms with Gasteiger partial charge in [-0.3, -0.25) is 9.59 Å². The lowest BCUT2D eigenvalue weighted by Gasteiger charge is -2.09. The van der Waals surface area contributed by atoms with Crippen LogP contribution in [0, 0.1) is 3.57 Å². The Morgan fingerprint density at radius 1 is 1.27 bits per heavy atom. The normalized spacial score (nSPS) is 10.3. The van der Waals surface area contributed by atoms with Gasteiger partial charge in [0.15, 0.2) is 5.78 Å². The molecule has 1 aromatic carbocycles. The first-order valence-corrected chi connectivity index (χ1v) is 7.60. The van der Waals surface area contributed by atoms with E-state index < -0.39 is 11.5 Å². The highest BCUT2D eigenvalue weighted by Crippen LogP contribution is 2.10. The van der Waals surface area contributed by atoms with Gasteiger partial charge in [-0.15, -0.1) is 0 Å². The van der Waals surface area contributed by atoms with Crippen molar-refractivity contribution in [2.75, 3.05) is 6.61 Å². The average molecular weight is 412 g/mol. The fraction of sp³-hybridized carbons (Fsp3) is 0.200. The number of aromatic nitrogens is 2. The van der Waals surface area contributed by atoms with Crippen molar-refractivity contribution in [3.8, 4) is 5.69 Å². The van der Waals surface area contributed by atoms with Gasteiger partial charge in [-0.25, -0.2) is 4.79 Å². The Hall–Kier alpha value is -2.03. The number of hydrogen-bond donors (Lipinski definition) is 0. The highest BCUT2D eigenvalue weighted by Gasteiger charge is 2.19. The van der Waals surface area contributed by atoms with Crippen LogP contribution in [0.2, 0.25) is 0 Å². The van der Waals surface area contributed by atoms with Crippen LogP contribution in [0.5, 0.6) is 0 Å². The van der Waals surface area contributed by atoms with Crippen molar-refractivity contribution in [2.24, 2.45) is 0 Å². The molecule has 114 valence electrons. The first kappa shape index (κ1) is 16.3. The van der Waals surface area contributed by atoms with Crippen LogP contribution in [0.15, 0.2) is 35.1 Å². The summed E-state index contributed by atoms with van der Waals surface area (Å²) in [5.74, 6) is -1.11. The molecule has 0 saturated heterocycles. The lowest BCUT2D eigenvalue weighted by Crippen LogP contribution is -2.30. The van der Waals surface area contributed by atoms with E-state index in [0.29, 0.717) is 5.69 Å². The Labute approximate surface area is 140 Å². The number of halogens is 1. The van der Waals surface area contributed by atoms with E-state index in [0.717, 1.165) is 8.25 Å². The van der Waals surface area contributed by atoms with Gasteiger partial charge in [0.2, 0.25) is 0 Å². The lowest BCUT2D eigenvalue weighted by molar-refractivity contribution is 0.0523. The first-order valence-electron chi connectivity index (χ1n) is 6.52. The number of esters is 1. The highest BCUT2D eigenvalue weighted by atomic mass is 127. The summed E-state index contributed by atoms with van der Waals surface area (Å²) in [5, 5.41) is 4.02. The van der Waals surface area contributed by atoms with E-state index in [-0.39, 0.29) is 23.6 Å². The smallest absolute Gasteiger partial charge is 0.343 e. The summed E-state index contributed by atoms with van der Waals surface area (Å²) in [6.45, 7) is 3.10. The molecule has 0 aliphatic heterocycles. The Bertz CT molecular complexity index is 781. The van der Waals surface area contributed by atoms with E-state index in [1.807, 2.05) is 0 Å². The minimum Gasteiger partial charge on any atom is -0.462 e. The maximum absolute atomic E-state index is 12.4. The molecule has 1 aromatic heterocycles. The minimum atomic E-state index is -0.767. The number of ketones is 1. The summed E-state index contributed by atoms with van der Waals surface area (Å²) in [6, 6.07) is 8.15. The fourth-order valence-electron chi connectivity index (χ4n) is 1.78. The number of carbonyl (C=O) groups excluding carboxylic acids is 2. The summed E-state index contributed by atoms with van der Waals surface area (Å²) >= 11 is 2.13. The van der Waals surface area contributed by atoms with Crippen LogP contribution in [0.25, 0.3) is 5.69 Å². The minimum absolute atomic E-state index is 0.0289. The molecule has 2 rings (SSSR count). The van der Waals surface area contributed by atoms with Gasteiger partial charge in [-0.1, -0.05) is 0 Å². The van der Waals surface area contributed by atoms with E-state index in [9.17, 15) is 14.4 Å². The molecule has 0 radical (unpaired) electrons. The number of nitrogens with zero attached hydrogens (tertiary/aromatic N) is 2. The Morgan fingerprint density at radius 2 is 1.91 bits per heavy atom. The molecule has 1 heterocycles. The SMILES string of the molecule is CCOC(=O)c1cc(C(C)=O)nn(-c2ccc(I)cc2)c1=O. The second-order valence-corrected chi connectivity index (χ2v) is 5.66. The van der Waals surface area contributed by atoms with E-state index in [4.69, 9.17) is 4.74 Å². The molecule has 0 amide bonds. The van der Waals surface area contributed by atoms with Gasteiger partial charge in [0, 0.05) is 10.5 Å². The van der Waals surface area contributed by atoms with Gasteiger partial charge in [0.05, 0.1) is 12.3 Å². The molecule has 2 aromatic rings. The van der Waals surface area contributed by atoms with Gasteiger partial charge < -0.3 is 4.74 Å². The molecule has 0 atom stereocenters. The van der Waals surface area contributed by atoms with Crippen molar-refractivity contribution in [1.29, 1.82) is 0 Å². The van der Waals surface area contributed by atoms with Crippen molar-refractivity contribution in [2.45, 2.75) is 13.8 Å². The van der Waals surface area contributed by atoms with Gasteiger partial charge >= 0.3 is 5.97 Å². The Morgan fingerprint density at radius 3 is 2.45 bits per heavy atom. The largest absolute Gasteiger partial charge is 0.462 e. The first-order chi connectivity index (χ1) is 10.4. The molecule has 0 unspecified atom stereocenters. The number of rotatable bonds is 4. The highest BCUT2D eigenvalue weighted by molar-refractivity contribution is 14.1. The Kier molecular flexibility index (Phi) is 5.07. The van der Waals surface area contributed by atoms with Crippen LogP contribution in [0.4, 0.5) is 0 Å². The van der Waals surface area contributed by atoms with Crippen LogP contribution >= 0.6 is 22.6 Å². The molecule has 0 bridgehead atoms. The Balaban J connectivity index is 2.67. The fourth-order valence-corrected chi connectivity index (χ4v) is 2.14. The predicted molar refractivity (Wildman–Crippen MR) is 88.5 cm³/mol.